The Kier molecular flexibility index (Phi) is 8.94. The predicted molar refractivity (Wildman–Crippen MR) is 101 cm³/mol. The number of thioether (sulfide) groups is 2. The fraction of sp³-hybridized carbons (Fsp3) is 0.667. The zero-order chi connectivity index (χ0) is 17.4. The first-order chi connectivity index (χ1) is 11.7. The van der Waals surface area contributed by atoms with E-state index in [1.165, 1.54) is 0 Å². The van der Waals surface area contributed by atoms with E-state index in [2.05, 4.69) is 13.8 Å². The van der Waals surface area contributed by atoms with Crippen LogP contribution in [0.4, 0.5) is 0 Å². The van der Waals surface area contributed by atoms with Crippen LogP contribution in [0.3, 0.4) is 0 Å². The molecule has 1 heterocycles. The van der Waals surface area contributed by atoms with E-state index in [1.54, 1.807) is 0 Å². The van der Waals surface area contributed by atoms with Gasteiger partial charge in [-0.2, -0.15) is 0 Å². The minimum absolute atomic E-state index is 0.0752. The van der Waals surface area contributed by atoms with Crippen LogP contribution in [0.1, 0.15) is 32.6 Å². The molecule has 2 rings (SSSR count). The van der Waals surface area contributed by atoms with E-state index < -0.39 is 6.29 Å². The van der Waals surface area contributed by atoms with Gasteiger partial charge in [0.05, 0.1) is 11.2 Å². The van der Waals surface area contributed by atoms with Crippen molar-refractivity contribution < 1.29 is 19.3 Å². The molecular formula is C18H28O4S2. The summed E-state index contributed by atoms with van der Waals surface area (Å²) in [5, 5.41) is 9.84. The molecule has 0 unspecified atom stereocenters. The maximum Gasteiger partial charge on any atom is 0.184 e. The monoisotopic (exact) mass is 372 g/mol. The van der Waals surface area contributed by atoms with Crippen molar-refractivity contribution in [1.82, 2.24) is 0 Å². The Balaban J connectivity index is 2.25. The molecule has 1 aromatic carbocycles. The van der Waals surface area contributed by atoms with Gasteiger partial charge in [0.15, 0.2) is 6.29 Å². The summed E-state index contributed by atoms with van der Waals surface area (Å²) in [6, 6.07) is 9.90. The zero-order valence-electron chi connectivity index (χ0n) is 14.6. The van der Waals surface area contributed by atoms with E-state index in [-0.39, 0.29) is 29.5 Å². The summed E-state index contributed by atoms with van der Waals surface area (Å²) >= 11 is 3.74. The van der Waals surface area contributed by atoms with Crippen molar-refractivity contribution in [1.29, 1.82) is 0 Å². The number of aliphatic hydroxyl groups excluding tert-OH is 1. The molecule has 4 atom stereocenters. The van der Waals surface area contributed by atoms with E-state index in [0.29, 0.717) is 6.61 Å². The van der Waals surface area contributed by atoms with E-state index in [0.717, 1.165) is 17.1 Å². The first-order valence-corrected chi connectivity index (χ1v) is 10.7. The second kappa shape index (κ2) is 10.7. The predicted octanol–water partition coefficient (Wildman–Crippen LogP) is 3.70. The first-order valence-electron chi connectivity index (χ1n) is 8.56. The quantitative estimate of drug-likeness (QED) is 0.667. The van der Waals surface area contributed by atoms with Crippen molar-refractivity contribution in [3.63, 3.8) is 0 Å². The molecule has 136 valence electrons. The van der Waals surface area contributed by atoms with Crippen LogP contribution in [0.2, 0.25) is 0 Å². The average Bonchev–Trinajstić information content (AvgIpc) is 2.62. The molecule has 0 radical (unpaired) electrons. The Hall–Kier alpha value is -0.240. The lowest BCUT2D eigenvalue weighted by molar-refractivity contribution is -0.298. The molecule has 0 bridgehead atoms. The maximum absolute atomic E-state index is 9.84. The van der Waals surface area contributed by atoms with Crippen LogP contribution in [-0.2, 0) is 14.2 Å². The lowest BCUT2D eigenvalue weighted by Crippen LogP contribution is -2.53. The summed E-state index contributed by atoms with van der Waals surface area (Å²) in [5.41, 5.74) is 0.970. The third-order valence-electron chi connectivity index (χ3n) is 3.81. The lowest BCUT2D eigenvalue weighted by Gasteiger charge is -2.43. The summed E-state index contributed by atoms with van der Waals surface area (Å²) in [5.74, 6) is 2.02. The van der Waals surface area contributed by atoms with Crippen molar-refractivity contribution in [2.45, 2.75) is 50.0 Å². The maximum atomic E-state index is 9.84. The van der Waals surface area contributed by atoms with Gasteiger partial charge in [-0.25, -0.2) is 0 Å². The number of hydrogen-bond acceptors (Lipinski definition) is 6. The normalized spacial score (nSPS) is 27.5. The van der Waals surface area contributed by atoms with Crippen molar-refractivity contribution in [2.75, 3.05) is 24.7 Å². The van der Waals surface area contributed by atoms with Gasteiger partial charge in [-0.3, -0.25) is 0 Å². The number of aliphatic hydroxyl groups is 1. The van der Waals surface area contributed by atoms with Crippen LogP contribution in [0.5, 0.6) is 0 Å². The molecule has 1 N–H and O–H groups in total. The van der Waals surface area contributed by atoms with E-state index in [9.17, 15) is 5.11 Å². The number of benzene rings is 1. The fourth-order valence-electron chi connectivity index (χ4n) is 2.79. The fourth-order valence-corrected chi connectivity index (χ4v) is 5.47. The molecule has 0 aliphatic carbocycles. The molecule has 1 saturated heterocycles. The molecular weight excluding hydrogens is 344 g/mol. The van der Waals surface area contributed by atoms with Crippen molar-refractivity contribution in [2.24, 2.45) is 0 Å². The highest BCUT2D eigenvalue weighted by atomic mass is 32.2. The SMILES string of the molecule is CCO[C@H]1[C@@H](CO)O[C@@H](c2ccccc2)O[C@H]1C(SCC)SCC. The van der Waals surface area contributed by atoms with Gasteiger partial charge in [-0.05, 0) is 18.4 Å². The molecule has 1 aromatic rings. The zero-order valence-corrected chi connectivity index (χ0v) is 16.2. The van der Waals surface area contributed by atoms with Crippen molar-refractivity contribution >= 4 is 23.5 Å². The van der Waals surface area contributed by atoms with E-state index in [4.69, 9.17) is 14.2 Å². The van der Waals surface area contributed by atoms with Gasteiger partial charge in [0.2, 0.25) is 0 Å². The third-order valence-corrected chi connectivity index (χ3v) is 6.49. The molecule has 1 aliphatic rings. The molecule has 6 heteroatoms. The minimum atomic E-state index is -0.470. The molecule has 0 saturated carbocycles. The van der Waals surface area contributed by atoms with Crippen LogP contribution in [0.25, 0.3) is 0 Å². The van der Waals surface area contributed by atoms with Crippen molar-refractivity contribution in [3.8, 4) is 0 Å². The van der Waals surface area contributed by atoms with Gasteiger partial charge in [-0.15, -0.1) is 23.5 Å². The topological polar surface area (TPSA) is 47.9 Å². The second-order valence-corrected chi connectivity index (χ2v) is 8.53. The molecule has 0 spiro atoms. The highest BCUT2D eigenvalue weighted by Gasteiger charge is 2.44. The molecule has 24 heavy (non-hydrogen) atoms. The second-order valence-electron chi connectivity index (χ2n) is 5.40. The van der Waals surface area contributed by atoms with E-state index >= 15 is 0 Å². The highest BCUT2D eigenvalue weighted by molar-refractivity contribution is 8.17. The summed E-state index contributed by atoms with van der Waals surface area (Å²) < 4.78 is 18.5. The van der Waals surface area contributed by atoms with Crippen LogP contribution >= 0.6 is 23.5 Å². The summed E-state index contributed by atoms with van der Waals surface area (Å²) in [4.78, 5) is 0. The molecule has 4 nitrogen and oxygen atoms in total. The molecule has 0 amide bonds. The highest BCUT2D eigenvalue weighted by Crippen LogP contribution is 2.39. The van der Waals surface area contributed by atoms with Crippen LogP contribution < -0.4 is 0 Å². The smallest absolute Gasteiger partial charge is 0.184 e. The molecule has 1 aliphatic heterocycles. The Morgan fingerprint density at radius 3 is 2.29 bits per heavy atom. The third kappa shape index (κ3) is 5.13. The lowest BCUT2D eigenvalue weighted by atomic mass is 10.1. The Bertz CT molecular complexity index is 454. The van der Waals surface area contributed by atoms with Gasteiger partial charge in [-0.1, -0.05) is 44.2 Å². The number of hydrogen-bond donors (Lipinski definition) is 1. The Morgan fingerprint density at radius 2 is 1.75 bits per heavy atom. The van der Waals surface area contributed by atoms with Gasteiger partial charge < -0.3 is 19.3 Å². The van der Waals surface area contributed by atoms with Gasteiger partial charge in [0.25, 0.3) is 0 Å². The Labute approximate surface area is 153 Å². The number of rotatable bonds is 9. The standard InChI is InChI=1S/C18H28O4S2/c1-4-20-15-14(12-19)21-17(13-10-8-7-9-11-13)22-16(15)18(23-5-2)24-6-3/h7-11,14-19H,4-6,12H2,1-3H3/t14-,15+,16-,17-/m1/s1. The van der Waals surface area contributed by atoms with Crippen LogP contribution in [0.15, 0.2) is 30.3 Å². The van der Waals surface area contributed by atoms with Crippen molar-refractivity contribution in [3.05, 3.63) is 35.9 Å². The number of ether oxygens (including phenoxy) is 3. The molecule has 0 aromatic heterocycles. The van der Waals surface area contributed by atoms with Gasteiger partial charge in [0, 0.05) is 12.2 Å². The van der Waals surface area contributed by atoms with Gasteiger partial charge >= 0.3 is 0 Å². The first kappa shape index (κ1) is 20.1. The van der Waals surface area contributed by atoms with Crippen LogP contribution in [0, 0.1) is 0 Å². The minimum Gasteiger partial charge on any atom is -0.394 e. The van der Waals surface area contributed by atoms with E-state index in [1.807, 2.05) is 60.8 Å². The average molecular weight is 373 g/mol. The Morgan fingerprint density at radius 1 is 1.08 bits per heavy atom. The summed E-state index contributed by atoms with van der Waals surface area (Å²) in [6.45, 7) is 6.76. The summed E-state index contributed by atoms with van der Waals surface area (Å²) in [7, 11) is 0. The summed E-state index contributed by atoms with van der Waals surface area (Å²) in [6.07, 6.45) is -1.24. The largest absolute Gasteiger partial charge is 0.394 e. The van der Waals surface area contributed by atoms with Crippen LogP contribution in [-0.4, -0.2) is 52.7 Å². The molecule has 1 fully saturated rings. The van der Waals surface area contributed by atoms with Gasteiger partial charge in [0.1, 0.15) is 18.3 Å².